The van der Waals surface area contributed by atoms with Crippen molar-refractivity contribution in [2.45, 2.75) is 6.92 Å². The molecule has 9 heteroatoms. The van der Waals surface area contributed by atoms with Crippen molar-refractivity contribution in [3.05, 3.63) is 74.4 Å². The lowest BCUT2D eigenvalue weighted by atomic mass is 10.1. The molecule has 28 heavy (non-hydrogen) atoms. The summed E-state index contributed by atoms with van der Waals surface area (Å²) in [6.07, 6.45) is 1.41. The molecule has 0 unspecified atom stereocenters. The molecule has 0 aliphatic rings. The molecule has 0 saturated carbocycles. The predicted octanol–water partition coefficient (Wildman–Crippen LogP) is 5.48. The summed E-state index contributed by atoms with van der Waals surface area (Å²) in [4.78, 5) is 33.0. The van der Waals surface area contributed by atoms with Gasteiger partial charge in [-0.3, -0.25) is 20.4 Å². The van der Waals surface area contributed by atoms with Crippen LogP contribution in [0.25, 0.3) is 11.3 Å². The molecule has 6 nitrogen and oxygen atoms in total. The van der Waals surface area contributed by atoms with Gasteiger partial charge in [0.2, 0.25) is 0 Å². The van der Waals surface area contributed by atoms with E-state index in [1.807, 2.05) is 24.3 Å². The van der Waals surface area contributed by atoms with Crippen LogP contribution in [0.5, 0.6) is 0 Å². The number of hydrogen-bond donors (Lipinski definition) is 2. The Bertz CT molecular complexity index is 1060. The van der Waals surface area contributed by atoms with Crippen molar-refractivity contribution in [1.29, 1.82) is 0 Å². The van der Waals surface area contributed by atoms with Gasteiger partial charge in [-0.05, 0) is 31.2 Å². The summed E-state index contributed by atoms with van der Waals surface area (Å²) in [5.41, 5.74) is 2.22. The van der Waals surface area contributed by atoms with Gasteiger partial charge in [-0.15, -0.1) is 0 Å². The largest absolute Gasteiger partial charge is 0.327 e. The summed E-state index contributed by atoms with van der Waals surface area (Å²) in [6.45, 7) is 1.78. The summed E-state index contributed by atoms with van der Waals surface area (Å²) >= 11 is 15.4. The Morgan fingerprint density at radius 3 is 2.39 bits per heavy atom. The molecule has 0 radical (unpaired) electrons. The second-order valence-corrected chi connectivity index (χ2v) is 7.43. The van der Waals surface area contributed by atoms with E-state index in [4.69, 9.17) is 23.2 Å². The number of aryl methyl sites for hydroxylation is 1. The van der Waals surface area contributed by atoms with Crippen LogP contribution in [0.2, 0.25) is 10.0 Å². The number of imide groups is 1. The van der Waals surface area contributed by atoms with Crippen LogP contribution in [0, 0.1) is 6.92 Å². The molecule has 1 heterocycles. The van der Waals surface area contributed by atoms with Crippen molar-refractivity contribution in [1.82, 2.24) is 15.3 Å². The quantitative estimate of drug-likeness (QED) is 0.520. The Kier molecular flexibility index (Phi) is 6.28. The number of nitrogens with one attached hydrogen (secondary N) is 2. The maximum Gasteiger partial charge on any atom is 0.327 e. The van der Waals surface area contributed by atoms with Crippen LogP contribution in [-0.4, -0.2) is 21.9 Å². The number of carbonyl (C=O) groups excluding carboxylic acids is 2. The molecule has 3 amide bonds. The highest BCUT2D eigenvalue weighted by atomic mass is 79.9. The predicted molar refractivity (Wildman–Crippen MR) is 113 cm³/mol. The van der Waals surface area contributed by atoms with Gasteiger partial charge in [-0.1, -0.05) is 57.3 Å². The number of amides is 3. The zero-order valence-electron chi connectivity index (χ0n) is 14.5. The van der Waals surface area contributed by atoms with Crippen LogP contribution >= 0.6 is 39.1 Å². The summed E-state index contributed by atoms with van der Waals surface area (Å²) < 4.78 is 0.921. The van der Waals surface area contributed by atoms with E-state index < -0.39 is 11.9 Å². The number of nitrogens with zero attached hydrogens (tertiary/aromatic N) is 2. The zero-order valence-corrected chi connectivity index (χ0v) is 17.6. The van der Waals surface area contributed by atoms with Crippen molar-refractivity contribution in [2.75, 3.05) is 5.32 Å². The van der Waals surface area contributed by atoms with E-state index in [2.05, 4.69) is 36.5 Å². The standard InChI is InChI=1S/C19H13BrCl2N4O2/c1-10-17(11-4-2-5-12(20)8-11)23-9-15(24-10)25-19(28)26-18(27)16-13(21)6-3-7-14(16)22/h2-9H,1H3,(H2,24,25,26,27,28). The number of benzene rings is 2. The van der Waals surface area contributed by atoms with Gasteiger partial charge in [0.1, 0.15) is 0 Å². The molecule has 0 bridgehead atoms. The smallest absolute Gasteiger partial charge is 0.291 e. The Morgan fingerprint density at radius 2 is 1.75 bits per heavy atom. The molecular weight excluding hydrogens is 467 g/mol. The van der Waals surface area contributed by atoms with E-state index in [0.29, 0.717) is 11.4 Å². The number of aromatic nitrogens is 2. The molecule has 2 aromatic carbocycles. The van der Waals surface area contributed by atoms with E-state index in [9.17, 15) is 9.59 Å². The summed E-state index contributed by atoms with van der Waals surface area (Å²) in [5.74, 6) is -0.518. The van der Waals surface area contributed by atoms with E-state index in [1.54, 1.807) is 13.0 Å². The number of halogens is 3. The fraction of sp³-hybridized carbons (Fsp3) is 0.0526. The van der Waals surface area contributed by atoms with E-state index in [0.717, 1.165) is 10.0 Å². The van der Waals surface area contributed by atoms with Crippen molar-refractivity contribution in [3.63, 3.8) is 0 Å². The Labute approximate surface area is 179 Å². The molecule has 0 atom stereocenters. The summed E-state index contributed by atoms with van der Waals surface area (Å²) in [6, 6.07) is 11.5. The van der Waals surface area contributed by atoms with Crippen LogP contribution in [0.4, 0.5) is 10.6 Å². The molecule has 0 saturated heterocycles. The van der Waals surface area contributed by atoms with Crippen molar-refractivity contribution < 1.29 is 9.59 Å². The third-order valence-corrected chi connectivity index (χ3v) is 4.83. The minimum atomic E-state index is -0.773. The lowest BCUT2D eigenvalue weighted by molar-refractivity contribution is 0.0967. The van der Waals surface area contributed by atoms with Crippen LogP contribution in [-0.2, 0) is 0 Å². The maximum atomic E-state index is 12.2. The van der Waals surface area contributed by atoms with Gasteiger partial charge in [-0.2, -0.15) is 0 Å². The minimum absolute atomic E-state index is 0.0215. The zero-order chi connectivity index (χ0) is 20.3. The molecule has 0 spiro atoms. The average molecular weight is 480 g/mol. The molecule has 0 aliphatic heterocycles. The maximum absolute atomic E-state index is 12.2. The van der Waals surface area contributed by atoms with Gasteiger partial charge < -0.3 is 0 Å². The number of carbonyl (C=O) groups is 2. The van der Waals surface area contributed by atoms with Gasteiger partial charge in [0.25, 0.3) is 5.91 Å². The first-order chi connectivity index (χ1) is 13.3. The third-order valence-electron chi connectivity index (χ3n) is 3.70. The number of hydrogen-bond acceptors (Lipinski definition) is 4. The van der Waals surface area contributed by atoms with Gasteiger partial charge in [0.05, 0.1) is 33.2 Å². The molecule has 0 aliphatic carbocycles. The normalized spacial score (nSPS) is 10.4. The van der Waals surface area contributed by atoms with Crippen molar-refractivity contribution in [2.24, 2.45) is 0 Å². The molecule has 142 valence electrons. The molecule has 3 aromatic rings. The monoisotopic (exact) mass is 478 g/mol. The molecule has 2 N–H and O–H groups in total. The molecule has 1 aromatic heterocycles. The third kappa shape index (κ3) is 4.67. The molecular formula is C19H13BrCl2N4O2. The summed E-state index contributed by atoms with van der Waals surface area (Å²) in [5, 5.41) is 4.93. The first kappa shape index (κ1) is 20.3. The number of anilines is 1. The molecule has 3 rings (SSSR count). The Balaban J connectivity index is 1.72. The summed E-state index contributed by atoms with van der Waals surface area (Å²) in [7, 11) is 0. The fourth-order valence-electron chi connectivity index (χ4n) is 2.49. The highest BCUT2D eigenvalue weighted by Gasteiger charge is 2.17. The SMILES string of the molecule is Cc1nc(NC(=O)NC(=O)c2c(Cl)cccc2Cl)cnc1-c1cccc(Br)c1. The minimum Gasteiger partial charge on any atom is -0.291 e. The second kappa shape index (κ2) is 8.68. The first-order valence-electron chi connectivity index (χ1n) is 8.01. The van der Waals surface area contributed by atoms with E-state index in [-0.39, 0.29) is 21.4 Å². The molecule has 0 fully saturated rings. The van der Waals surface area contributed by atoms with E-state index in [1.165, 1.54) is 18.3 Å². The number of rotatable bonds is 3. The highest BCUT2D eigenvalue weighted by Crippen LogP contribution is 2.25. The lowest BCUT2D eigenvalue weighted by Gasteiger charge is -2.10. The van der Waals surface area contributed by atoms with Gasteiger partial charge in [0, 0.05) is 10.0 Å². The lowest BCUT2D eigenvalue weighted by Crippen LogP contribution is -2.35. The first-order valence-corrected chi connectivity index (χ1v) is 9.56. The van der Waals surface area contributed by atoms with Crippen LogP contribution in [0.1, 0.15) is 16.1 Å². The Morgan fingerprint density at radius 1 is 1.07 bits per heavy atom. The highest BCUT2D eigenvalue weighted by molar-refractivity contribution is 9.10. The van der Waals surface area contributed by atoms with E-state index >= 15 is 0 Å². The Hall–Kier alpha value is -2.48. The van der Waals surface area contributed by atoms with Gasteiger partial charge in [-0.25, -0.2) is 9.78 Å². The number of urea groups is 1. The second-order valence-electron chi connectivity index (χ2n) is 5.70. The van der Waals surface area contributed by atoms with Crippen LogP contribution in [0.3, 0.4) is 0 Å². The van der Waals surface area contributed by atoms with Crippen molar-refractivity contribution in [3.8, 4) is 11.3 Å². The van der Waals surface area contributed by atoms with Gasteiger partial charge in [0.15, 0.2) is 5.82 Å². The average Bonchev–Trinajstić information content (AvgIpc) is 2.61. The fourth-order valence-corrected chi connectivity index (χ4v) is 3.46. The van der Waals surface area contributed by atoms with Crippen LogP contribution < -0.4 is 10.6 Å². The van der Waals surface area contributed by atoms with Gasteiger partial charge >= 0.3 is 6.03 Å². The van der Waals surface area contributed by atoms with Crippen molar-refractivity contribution >= 4 is 56.9 Å². The van der Waals surface area contributed by atoms with Crippen LogP contribution in [0.15, 0.2) is 53.1 Å². The topological polar surface area (TPSA) is 84.0 Å².